The number of hydrogen-bond donors (Lipinski definition) is 0. The van der Waals surface area contributed by atoms with Crippen molar-refractivity contribution < 1.29 is 29.4 Å². The molecule has 16 heavy (non-hydrogen) atoms. The van der Waals surface area contributed by atoms with Gasteiger partial charge in [0.25, 0.3) is 0 Å². The van der Waals surface area contributed by atoms with Gasteiger partial charge in [-0.2, -0.15) is 0 Å². The molecule has 0 unspecified atom stereocenters. The first-order chi connectivity index (χ1) is 7.32. The first-order valence-corrected chi connectivity index (χ1v) is 4.77. The number of rotatable bonds is 0. The Morgan fingerprint density at radius 2 is 1.69 bits per heavy atom. The van der Waals surface area contributed by atoms with E-state index in [1.165, 1.54) is 0 Å². The Labute approximate surface area is 92.9 Å². The van der Waals surface area contributed by atoms with Crippen LogP contribution in [0.15, 0.2) is 11.1 Å². The number of carbonyl (C=O) groups excluding carboxylic acids is 2. The van der Waals surface area contributed by atoms with Crippen LogP contribution in [0.2, 0.25) is 0 Å². The second kappa shape index (κ2) is 4.63. The maximum absolute atomic E-state index is 11.5. The maximum Gasteiger partial charge on any atom is 0.373 e. The lowest BCUT2D eigenvalue weighted by atomic mass is 9.83. The normalized spacial score (nSPS) is 21.8. The van der Waals surface area contributed by atoms with E-state index in [4.69, 9.17) is 0 Å². The standard InChI is InChI=1S/C10H14O6/c1-6(10(2,3)4)7-5-8(11)13-15-16-14-9(7)12/h5H2,1-4H3. The number of allylic oxidation sites excluding steroid dienone is 1. The summed E-state index contributed by atoms with van der Waals surface area (Å²) >= 11 is 0. The predicted octanol–water partition coefficient (Wildman–Crippen LogP) is 1.62. The van der Waals surface area contributed by atoms with E-state index < -0.39 is 11.9 Å². The van der Waals surface area contributed by atoms with E-state index in [0.717, 1.165) is 5.57 Å². The van der Waals surface area contributed by atoms with Gasteiger partial charge in [-0.05, 0) is 12.3 Å². The Balaban J connectivity index is 3.05. The zero-order valence-electron chi connectivity index (χ0n) is 9.66. The molecule has 0 aliphatic carbocycles. The van der Waals surface area contributed by atoms with Gasteiger partial charge < -0.3 is 0 Å². The summed E-state index contributed by atoms with van der Waals surface area (Å²) in [6.45, 7) is 7.52. The van der Waals surface area contributed by atoms with Gasteiger partial charge in [-0.1, -0.05) is 26.3 Å². The highest BCUT2D eigenvalue weighted by Crippen LogP contribution is 2.30. The van der Waals surface area contributed by atoms with Gasteiger partial charge in [0.05, 0.1) is 12.0 Å². The van der Waals surface area contributed by atoms with Crippen LogP contribution in [0.1, 0.15) is 34.1 Å². The van der Waals surface area contributed by atoms with Crippen molar-refractivity contribution in [3.05, 3.63) is 11.1 Å². The molecule has 0 N–H and O–H groups in total. The summed E-state index contributed by atoms with van der Waals surface area (Å²) in [6, 6.07) is 0. The zero-order valence-corrected chi connectivity index (χ0v) is 9.66. The monoisotopic (exact) mass is 230 g/mol. The molecule has 6 nitrogen and oxygen atoms in total. The fourth-order valence-electron chi connectivity index (χ4n) is 1.13. The van der Waals surface area contributed by atoms with E-state index in [1.54, 1.807) is 6.92 Å². The van der Waals surface area contributed by atoms with Crippen LogP contribution in [0.4, 0.5) is 0 Å². The van der Waals surface area contributed by atoms with Crippen LogP contribution in [-0.2, 0) is 29.4 Å². The Morgan fingerprint density at radius 1 is 1.12 bits per heavy atom. The Hall–Kier alpha value is -1.40. The lowest BCUT2D eigenvalue weighted by molar-refractivity contribution is -0.600. The third-order valence-electron chi connectivity index (χ3n) is 2.41. The average molecular weight is 230 g/mol. The molecule has 1 saturated heterocycles. The molecular weight excluding hydrogens is 216 g/mol. The first kappa shape index (κ1) is 12.7. The molecular formula is C10H14O6. The van der Waals surface area contributed by atoms with E-state index in [0.29, 0.717) is 0 Å². The smallest absolute Gasteiger partial charge is 0.266 e. The van der Waals surface area contributed by atoms with Crippen molar-refractivity contribution in [1.29, 1.82) is 0 Å². The Morgan fingerprint density at radius 3 is 2.25 bits per heavy atom. The van der Waals surface area contributed by atoms with E-state index in [2.05, 4.69) is 19.9 Å². The second-order valence-electron chi connectivity index (χ2n) is 4.49. The van der Waals surface area contributed by atoms with E-state index >= 15 is 0 Å². The molecule has 1 aliphatic rings. The summed E-state index contributed by atoms with van der Waals surface area (Å²) in [5, 5.41) is 7.78. The van der Waals surface area contributed by atoms with Crippen molar-refractivity contribution in [2.24, 2.45) is 5.41 Å². The molecule has 1 aliphatic heterocycles. The molecule has 0 bridgehead atoms. The van der Waals surface area contributed by atoms with Crippen LogP contribution in [-0.4, -0.2) is 11.9 Å². The Bertz CT molecular complexity index is 336. The SMILES string of the molecule is CC(=C1CC(=O)OOOOC1=O)C(C)(C)C. The molecule has 0 aromatic heterocycles. The molecule has 0 aromatic rings. The minimum absolute atomic E-state index is 0.203. The van der Waals surface area contributed by atoms with Gasteiger partial charge in [0.1, 0.15) is 0 Å². The minimum atomic E-state index is -0.746. The zero-order chi connectivity index (χ0) is 12.3. The molecule has 0 aromatic carbocycles. The van der Waals surface area contributed by atoms with Crippen LogP contribution < -0.4 is 0 Å². The molecule has 90 valence electrons. The van der Waals surface area contributed by atoms with Crippen LogP contribution in [0.3, 0.4) is 0 Å². The highest BCUT2D eigenvalue weighted by Gasteiger charge is 2.28. The van der Waals surface area contributed by atoms with Gasteiger partial charge >= 0.3 is 11.9 Å². The quantitative estimate of drug-likeness (QED) is 0.465. The van der Waals surface area contributed by atoms with Gasteiger partial charge in [-0.15, -0.1) is 0 Å². The average Bonchev–Trinajstić information content (AvgIpc) is 2.16. The lowest BCUT2D eigenvalue weighted by Crippen LogP contribution is -2.22. The van der Waals surface area contributed by atoms with Crippen LogP contribution in [0.25, 0.3) is 0 Å². The molecule has 0 saturated carbocycles. The van der Waals surface area contributed by atoms with E-state index in [-0.39, 0.29) is 17.4 Å². The summed E-state index contributed by atoms with van der Waals surface area (Å²) in [5.41, 5.74) is 0.704. The van der Waals surface area contributed by atoms with Gasteiger partial charge in [-0.3, -0.25) is 9.78 Å². The van der Waals surface area contributed by atoms with Crippen molar-refractivity contribution in [2.45, 2.75) is 34.1 Å². The Kier molecular flexibility index (Phi) is 3.66. The van der Waals surface area contributed by atoms with Gasteiger partial charge in [0, 0.05) is 10.1 Å². The largest absolute Gasteiger partial charge is 0.373 e. The van der Waals surface area contributed by atoms with Gasteiger partial charge in [0.15, 0.2) is 0 Å². The fraction of sp³-hybridized carbons (Fsp3) is 0.600. The van der Waals surface area contributed by atoms with Crippen molar-refractivity contribution in [2.75, 3.05) is 0 Å². The third kappa shape index (κ3) is 3.04. The second-order valence-corrected chi connectivity index (χ2v) is 4.49. The number of hydrogen-bond acceptors (Lipinski definition) is 6. The van der Waals surface area contributed by atoms with Crippen molar-refractivity contribution >= 4 is 11.9 Å². The molecule has 0 amide bonds. The molecule has 0 radical (unpaired) electrons. The highest BCUT2D eigenvalue weighted by molar-refractivity contribution is 5.94. The third-order valence-corrected chi connectivity index (χ3v) is 2.41. The first-order valence-electron chi connectivity index (χ1n) is 4.77. The highest BCUT2D eigenvalue weighted by atomic mass is 17.7. The van der Waals surface area contributed by atoms with Crippen molar-refractivity contribution in [1.82, 2.24) is 0 Å². The van der Waals surface area contributed by atoms with Crippen LogP contribution in [0.5, 0.6) is 0 Å². The summed E-state index contributed by atoms with van der Waals surface area (Å²) in [4.78, 5) is 31.1. The van der Waals surface area contributed by atoms with Crippen molar-refractivity contribution in [3.8, 4) is 0 Å². The number of carbonyl (C=O) groups is 2. The predicted molar refractivity (Wildman–Crippen MR) is 51.1 cm³/mol. The summed E-state index contributed by atoms with van der Waals surface area (Å²) in [5.74, 6) is -1.46. The fourth-order valence-corrected chi connectivity index (χ4v) is 1.13. The topological polar surface area (TPSA) is 71.1 Å². The minimum Gasteiger partial charge on any atom is -0.266 e. The molecule has 0 atom stereocenters. The molecule has 1 rings (SSSR count). The molecule has 0 spiro atoms. The summed E-state index contributed by atoms with van der Waals surface area (Å²) in [6.07, 6.45) is -0.203. The van der Waals surface area contributed by atoms with E-state index in [1.807, 2.05) is 20.8 Å². The van der Waals surface area contributed by atoms with Gasteiger partial charge in [0.2, 0.25) is 0 Å². The summed E-state index contributed by atoms with van der Waals surface area (Å²) in [7, 11) is 0. The van der Waals surface area contributed by atoms with Crippen LogP contribution in [0, 0.1) is 5.41 Å². The molecule has 6 heteroatoms. The summed E-state index contributed by atoms with van der Waals surface area (Å²) < 4.78 is 0. The maximum atomic E-state index is 11.5. The van der Waals surface area contributed by atoms with Crippen LogP contribution >= 0.6 is 0 Å². The molecule has 1 heterocycles. The van der Waals surface area contributed by atoms with Gasteiger partial charge in [-0.25, -0.2) is 9.59 Å². The lowest BCUT2D eigenvalue weighted by Gasteiger charge is -2.22. The van der Waals surface area contributed by atoms with E-state index in [9.17, 15) is 9.59 Å². The molecule has 1 fully saturated rings. The van der Waals surface area contributed by atoms with Crippen molar-refractivity contribution in [3.63, 3.8) is 0 Å².